The minimum Gasteiger partial charge on any atom is -0.389 e. The monoisotopic (exact) mass is 577 g/mol. The highest BCUT2D eigenvalue weighted by molar-refractivity contribution is 7.89. The SMILES string of the molecule is CC(=O)Nc1ccc(S(=O)(=O)N2CCN(c3c(F)cc(NC[C@@H](O)CNC(=O)C(F)F)cc3F)CCO2)cc1. The van der Waals surface area contributed by atoms with Gasteiger partial charge in [-0.1, -0.05) is 4.47 Å². The second-order valence-corrected chi connectivity index (χ2v) is 10.3. The molecule has 0 unspecified atom stereocenters. The number of aliphatic hydroxyl groups excluding tert-OH is 1. The minimum atomic E-state index is -4.11. The number of benzene rings is 2. The Hall–Kier alpha value is -3.47. The van der Waals surface area contributed by atoms with Gasteiger partial charge in [-0.2, -0.15) is 8.78 Å². The topological polar surface area (TPSA) is 140 Å². The molecule has 0 spiro atoms. The molecule has 0 radical (unpaired) electrons. The maximum Gasteiger partial charge on any atom is 0.315 e. The van der Waals surface area contributed by atoms with Gasteiger partial charge in [0.1, 0.15) is 5.69 Å². The lowest BCUT2D eigenvalue weighted by molar-refractivity contribution is -0.132. The predicted octanol–water partition coefficient (Wildman–Crippen LogP) is 1.52. The summed E-state index contributed by atoms with van der Waals surface area (Å²) in [5, 5.41) is 16.7. The summed E-state index contributed by atoms with van der Waals surface area (Å²) in [6.45, 7) is -0.0526. The van der Waals surface area contributed by atoms with E-state index in [1.165, 1.54) is 36.1 Å². The number of alkyl halides is 2. The third kappa shape index (κ3) is 8.01. The van der Waals surface area contributed by atoms with E-state index >= 15 is 0 Å². The first-order valence-corrected chi connectivity index (χ1v) is 13.1. The summed E-state index contributed by atoms with van der Waals surface area (Å²) >= 11 is 0. The Morgan fingerprint density at radius 2 is 1.67 bits per heavy atom. The smallest absolute Gasteiger partial charge is 0.315 e. The van der Waals surface area contributed by atoms with Crippen molar-refractivity contribution in [2.24, 2.45) is 0 Å². The molecule has 1 heterocycles. The summed E-state index contributed by atoms with van der Waals surface area (Å²) in [4.78, 5) is 28.6. The van der Waals surface area contributed by atoms with Gasteiger partial charge < -0.3 is 26.0 Å². The van der Waals surface area contributed by atoms with E-state index in [1.54, 1.807) is 0 Å². The van der Waals surface area contributed by atoms with E-state index in [-0.39, 0.29) is 49.3 Å². The molecule has 1 aliphatic rings. The van der Waals surface area contributed by atoms with Crippen LogP contribution in [-0.4, -0.2) is 81.7 Å². The van der Waals surface area contributed by atoms with Gasteiger partial charge in [0.2, 0.25) is 5.91 Å². The number of aliphatic hydroxyl groups is 1. The highest BCUT2D eigenvalue weighted by atomic mass is 32.2. The molecule has 214 valence electrons. The Balaban J connectivity index is 1.63. The second kappa shape index (κ2) is 13.1. The van der Waals surface area contributed by atoms with E-state index in [9.17, 15) is 40.7 Å². The first-order chi connectivity index (χ1) is 18.4. The lowest BCUT2D eigenvalue weighted by atomic mass is 10.2. The van der Waals surface area contributed by atoms with Crippen LogP contribution in [0.3, 0.4) is 0 Å². The van der Waals surface area contributed by atoms with Crippen LogP contribution < -0.4 is 20.9 Å². The maximum absolute atomic E-state index is 14.9. The van der Waals surface area contributed by atoms with Crippen molar-refractivity contribution in [1.29, 1.82) is 0 Å². The molecule has 0 bridgehead atoms. The van der Waals surface area contributed by atoms with E-state index in [0.717, 1.165) is 16.6 Å². The fourth-order valence-electron chi connectivity index (χ4n) is 3.65. The van der Waals surface area contributed by atoms with E-state index in [4.69, 9.17) is 4.84 Å². The Bertz CT molecular complexity index is 1260. The Kier molecular flexibility index (Phi) is 10.1. The molecule has 2 aromatic rings. The van der Waals surface area contributed by atoms with Crippen LogP contribution in [0, 0.1) is 11.6 Å². The van der Waals surface area contributed by atoms with Crippen molar-refractivity contribution < 1.29 is 45.5 Å². The van der Waals surface area contributed by atoms with Crippen LogP contribution in [0.5, 0.6) is 0 Å². The second-order valence-electron chi connectivity index (χ2n) is 8.43. The van der Waals surface area contributed by atoms with Gasteiger partial charge in [0, 0.05) is 44.5 Å². The van der Waals surface area contributed by atoms with Crippen LogP contribution in [-0.2, 0) is 24.4 Å². The molecule has 2 aromatic carbocycles. The highest BCUT2D eigenvalue weighted by Crippen LogP contribution is 2.29. The van der Waals surface area contributed by atoms with Crippen LogP contribution >= 0.6 is 0 Å². The molecule has 4 N–H and O–H groups in total. The molecule has 0 aliphatic carbocycles. The normalized spacial score (nSPS) is 15.5. The zero-order valence-corrected chi connectivity index (χ0v) is 21.5. The molecule has 0 aromatic heterocycles. The lowest BCUT2D eigenvalue weighted by Gasteiger charge is -2.24. The number of hydrogen-bond donors (Lipinski definition) is 4. The lowest BCUT2D eigenvalue weighted by Crippen LogP contribution is -2.38. The van der Waals surface area contributed by atoms with Crippen molar-refractivity contribution >= 4 is 38.9 Å². The van der Waals surface area contributed by atoms with E-state index in [1.807, 2.05) is 5.32 Å². The van der Waals surface area contributed by atoms with Crippen LogP contribution in [0.15, 0.2) is 41.3 Å². The quantitative estimate of drug-likeness (QED) is 0.312. The van der Waals surface area contributed by atoms with Gasteiger partial charge in [0.05, 0.1) is 24.2 Å². The number of nitrogens with one attached hydrogen (secondary N) is 3. The van der Waals surface area contributed by atoms with Crippen molar-refractivity contribution in [2.75, 3.05) is 54.9 Å². The van der Waals surface area contributed by atoms with E-state index < -0.39 is 52.3 Å². The van der Waals surface area contributed by atoms with Crippen LogP contribution in [0.25, 0.3) is 0 Å². The number of rotatable bonds is 10. The number of amides is 2. The summed E-state index contributed by atoms with van der Waals surface area (Å²) in [5.74, 6) is -3.81. The van der Waals surface area contributed by atoms with Gasteiger partial charge in [-0.05, 0) is 36.4 Å². The van der Waals surface area contributed by atoms with Gasteiger partial charge in [0.15, 0.2) is 11.6 Å². The molecular formula is C23H27F4N5O6S. The third-order valence-corrected chi connectivity index (χ3v) is 7.17. The zero-order valence-electron chi connectivity index (χ0n) is 20.7. The molecule has 1 aliphatic heterocycles. The molecule has 2 amide bonds. The predicted molar refractivity (Wildman–Crippen MR) is 133 cm³/mol. The zero-order chi connectivity index (χ0) is 28.7. The molecule has 1 atom stereocenters. The molecule has 1 fully saturated rings. The summed E-state index contributed by atoms with van der Waals surface area (Å²) in [6.07, 6.45) is -4.55. The van der Waals surface area contributed by atoms with Crippen molar-refractivity contribution in [3.63, 3.8) is 0 Å². The van der Waals surface area contributed by atoms with Crippen molar-refractivity contribution in [1.82, 2.24) is 9.79 Å². The Labute approximate surface area is 221 Å². The number of hydrogen-bond acceptors (Lipinski definition) is 8. The molecule has 16 heteroatoms. The van der Waals surface area contributed by atoms with Crippen LogP contribution in [0.2, 0.25) is 0 Å². The summed E-state index contributed by atoms with van der Waals surface area (Å²) in [5.41, 5.74) is -0.0555. The van der Waals surface area contributed by atoms with Gasteiger partial charge in [-0.25, -0.2) is 17.2 Å². The van der Waals surface area contributed by atoms with Crippen molar-refractivity contribution in [3.8, 4) is 0 Å². The first kappa shape index (κ1) is 30.1. The number of anilines is 3. The van der Waals surface area contributed by atoms with Crippen molar-refractivity contribution in [3.05, 3.63) is 48.0 Å². The minimum absolute atomic E-state index is 0.0311. The number of hydroxylamine groups is 1. The summed E-state index contributed by atoms with van der Waals surface area (Å²) in [6, 6.07) is 7.33. The van der Waals surface area contributed by atoms with Gasteiger partial charge in [-0.3, -0.25) is 14.4 Å². The van der Waals surface area contributed by atoms with Gasteiger partial charge in [-0.15, -0.1) is 0 Å². The molecule has 1 saturated heterocycles. The number of nitrogens with zero attached hydrogens (tertiary/aromatic N) is 2. The van der Waals surface area contributed by atoms with Gasteiger partial charge >= 0.3 is 6.43 Å². The molecule has 3 rings (SSSR count). The van der Waals surface area contributed by atoms with E-state index in [0.29, 0.717) is 5.69 Å². The maximum atomic E-state index is 14.9. The number of sulfonamides is 1. The summed E-state index contributed by atoms with van der Waals surface area (Å²) in [7, 11) is -4.11. The molecule has 0 saturated carbocycles. The average Bonchev–Trinajstić information content (AvgIpc) is 3.12. The standard InChI is InChI=1S/C23H27F4N5O6S/c1-14(33)30-15-2-4-18(5-3-15)39(36,37)32-7-6-31(8-9-38-32)21-19(24)10-16(11-20(21)25)28-12-17(34)13-29-23(35)22(26)27/h2-5,10-11,17,22,28,34H,6-9,12-13H2,1H3,(H,29,35)(H,30,33)/t17-/m1/s1. The van der Waals surface area contributed by atoms with Gasteiger partial charge in [0.25, 0.3) is 15.9 Å². The molecular weight excluding hydrogens is 550 g/mol. The number of halogens is 4. The third-order valence-electron chi connectivity index (χ3n) is 5.47. The van der Waals surface area contributed by atoms with Crippen LogP contribution in [0.1, 0.15) is 6.92 Å². The fourth-order valence-corrected chi connectivity index (χ4v) is 4.90. The molecule has 39 heavy (non-hydrogen) atoms. The van der Waals surface area contributed by atoms with Crippen LogP contribution in [0.4, 0.5) is 34.6 Å². The largest absolute Gasteiger partial charge is 0.389 e. The molecule has 11 nitrogen and oxygen atoms in total. The first-order valence-electron chi connectivity index (χ1n) is 11.6. The van der Waals surface area contributed by atoms with Crippen molar-refractivity contribution in [2.45, 2.75) is 24.3 Å². The number of carbonyl (C=O) groups excluding carboxylic acids is 2. The Morgan fingerprint density at radius 1 is 1.03 bits per heavy atom. The highest BCUT2D eigenvalue weighted by Gasteiger charge is 2.30. The number of carbonyl (C=O) groups is 2. The average molecular weight is 578 g/mol. The summed E-state index contributed by atoms with van der Waals surface area (Å²) < 4.78 is 80.9. The van der Waals surface area contributed by atoms with E-state index in [2.05, 4.69) is 10.6 Å². The Morgan fingerprint density at radius 3 is 2.26 bits per heavy atom. The fraction of sp³-hybridized carbons (Fsp3) is 0.391.